The molecule has 2 amide bonds. The number of benzene rings is 2. The minimum Gasteiger partial charge on any atom is -0.497 e. The van der Waals surface area contributed by atoms with Crippen LogP contribution < -0.4 is 14.8 Å². The molecule has 11 heteroatoms. The van der Waals surface area contributed by atoms with Crippen LogP contribution in [0.3, 0.4) is 0 Å². The zero-order valence-electron chi connectivity index (χ0n) is 23.5. The second-order valence-corrected chi connectivity index (χ2v) is 12.6. The number of methoxy groups -OCH3 is 2. The molecule has 1 fully saturated rings. The number of hydrogen-bond acceptors (Lipinski definition) is 6. The normalized spacial score (nSPS) is 19.0. The summed E-state index contributed by atoms with van der Waals surface area (Å²) >= 11 is 0. The van der Waals surface area contributed by atoms with E-state index in [1.807, 2.05) is 32.2 Å². The van der Waals surface area contributed by atoms with Gasteiger partial charge in [-0.2, -0.15) is 4.31 Å². The second-order valence-electron chi connectivity index (χ2n) is 10.6. The maximum absolute atomic E-state index is 13.5. The number of aliphatic hydroxyl groups excluding tert-OH is 1. The van der Waals surface area contributed by atoms with E-state index in [2.05, 4.69) is 9.88 Å². The van der Waals surface area contributed by atoms with Crippen molar-refractivity contribution in [3.05, 3.63) is 53.7 Å². The van der Waals surface area contributed by atoms with E-state index in [1.54, 1.807) is 43.4 Å². The van der Waals surface area contributed by atoms with Gasteiger partial charge in [-0.1, -0.05) is 6.92 Å². The Labute approximate surface area is 235 Å². The lowest BCUT2D eigenvalue weighted by atomic mass is 9.68. The minimum absolute atomic E-state index is 0.220. The van der Waals surface area contributed by atoms with Crippen molar-refractivity contribution in [2.24, 2.45) is 7.05 Å². The Kier molecular flexibility index (Phi) is 7.73. The molecular formula is C29H38N4O6S. The van der Waals surface area contributed by atoms with E-state index in [0.29, 0.717) is 44.8 Å². The number of sulfonamides is 1. The average molecular weight is 571 g/mol. The Morgan fingerprint density at radius 1 is 1.07 bits per heavy atom. The first-order chi connectivity index (χ1) is 19.2. The molecule has 40 heavy (non-hydrogen) atoms. The number of carbonyl (C=O) groups excluding carboxylic acids is 1. The molecule has 10 nitrogen and oxygen atoms in total. The lowest BCUT2D eigenvalue weighted by molar-refractivity contribution is 0.0784. The lowest BCUT2D eigenvalue weighted by Crippen LogP contribution is -2.57. The van der Waals surface area contributed by atoms with Crippen LogP contribution in [0, 0.1) is 0 Å². The fraction of sp³-hybridized carbons (Fsp3) is 0.483. The maximum atomic E-state index is 13.5. The molecule has 1 atom stereocenters. The number of aliphatic hydroxyl groups is 1. The van der Waals surface area contributed by atoms with Gasteiger partial charge in [0, 0.05) is 55.8 Å². The first kappa shape index (κ1) is 28.3. The summed E-state index contributed by atoms with van der Waals surface area (Å²) in [5.74, 6) is 1.32. The summed E-state index contributed by atoms with van der Waals surface area (Å²) in [5, 5.41) is 14.6. The fourth-order valence-corrected chi connectivity index (χ4v) is 7.81. The highest BCUT2D eigenvalue weighted by Crippen LogP contribution is 2.50. The lowest BCUT2D eigenvalue weighted by Gasteiger charge is -2.50. The van der Waals surface area contributed by atoms with Crippen molar-refractivity contribution in [1.29, 1.82) is 0 Å². The molecule has 5 rings (SSSR count). The molecule has 1 saturated heterocycles. The molecule has 2 aliphatic heterocycles. The Bertz CT molecular complexity index is 1490. The summed E-state index contributed by atoms with van der Waals surface area (Å²) in [4.78, 5) is 15.4. The summed E-state index contributed by atoms with van der Waals surface area (Å²) in [6.45, 7) is 3.33. The van der Waals surface area contributed by atoms with Crippen LogP contribution in [0.15, 0.2) is 47.4 Å². The third kappa shape index (κ3) is 4.59. The summed E-state index contributed by atoms with van der Waals surface area (Å²) in [7, 11) is 1.42. The van der Waals surface area contributed by atoms with E-state index in [4.69, 9.17) is 9.47 Å². The molecule has 216 valence electrons. The van der Waals surface area contributed by atoms with Gasteiger partial charge in [-0.25, -0.2) is 13.2 Å². The van der Waals surface area contributed by atoms with Crippen LogP contribution in [-0.2, 0) is 22.5 Å². The molecule has 0 bridgehead atoms. The van der Waals surface area contributed by atoms with Gasteiger partial charge < -0.3 is 29.4 Å². The fourth-order valence-electron chi connectivity index (χ4n) is 6.36. The van der Waals surface area contributed by atoms with Gasteiger partial charge in [0.2, 0.25) is 10.0 Å². The van der Waals surface area contributed by atoms with Crippen LogP contribution in [0.25, 0.3) is 10.9 Å². The van der Waals surface area contributed by atoms with Gasteiger partial charge in [0.15, 0.2) is 0 Å². The summed E-state index contributed by atoms with van der Waals surface area (Å²) in [6.07, 6.45) is 1.87. The van der Waals surface area contributed by atoms with Crippen LogP contribution >= 0.6 is 0 Å². The van der Waals surface area contributed by atoms with E-state index in [9.17, 15) is 18.3 Å². The molecule has 2 aliphatic rings. The van der Waals surface area contributed by atoms with Crippen LogP contribution in [0.4, 0.5) is 4.79 Å². The van der Waals surface area contributed by atoms with Crippen molar-refractivity contribution < 1.29 is 27.8 Å². The van der Waals surface area contributed by atoms with E-state index in [0.717, 1.165) is 34.3 Å². The van der Waals surface area contributed by atoms with Gasteiger partial charge >= 0.3 is 6.03 Å². The molecule has 2 aromatic carbocycles. The molecule has 0 aliphatic carbocycles. The number of aryl methyl sites for hydroxylation is 1. The van der Waals surface area contributed by atoms with Gasteiger partial charge in [0.1, 0.15) is 11.5 Å². The number of fused-ring (bicyclic) bond motifs is 4. The molecule has 3 aromatic rings. The molecular weight excluding hydrogens is 532 g/mol. The number of rotatable bonds is 7. The van der Waals surface area contributed by atoms with Gasteiger partial charge in [0.05, 0.1) is 37.3 Å². The van der Waals surface area contributed by atoms with Gasteiger partial charge in [-0.15, -0.1) is 0 Å². The van der Waals surface area contributed by atoms with Gasteiger partial charge in [-0.05, 0) is 61.2 Å². The molecule has 0 saturated carbocycles. The van der Waals surface area contributed by atoms with Crippen molar-refractivity contribution in [2.45, 2.75) is 42.5 Å². The number of ether oxygens (including phenoxy) is 2. The predicted molar refractivity (Wildman–Crippen MR) is 152 cm³/mol. The number of piperidine rings is 1. The molecule has 1 spiro atoms. The monoisotopic (exact) mass is 570 g/mol. The SMILES string of the molecule is CCCNC(=O)N1CC2(CCN(S(=O)(=O)c3ccc(OC)cc3)CC2)c2c(n(C)c3cc(OC)ccc23)[C@H]1CO. The second kappa shape index (κ2) is 10.9. The van der Waals surface area contributed by atoms with E-state index in [1.165, 1.54) is 4.31 Å². The van der Waals surface area contributed by atoms with Crippen molar-refractivity contribution in [1.82, 2.24) is 19.1 Å². The molecule has 2 N–H and O–H groups in total. The Hall–Kier alpha value is -3.28. The third-order valence-corrected chi connectivity index (χ3v) is 10.4. The largest absolute Gasteiger partial charge is 0.497 e. The molecule has 0 radical (unpaired) electrons. The third-order valence-electron chi connectivity index (χ3n) is 8.49. The zero-order valence-corrected chi connectivity index (χ0v) is 24.3. The van der Waals surface area contributed by atoms with Gasteiger partial charge in [-0.3, -0.25) is 0 Å². The Morgan fingerprint density at radius 3 is 2.33 bits per heavy atom. The highest BCUT2D eigenvalue weighted by atomic mass is 32.2. The Balaban J connectivity index is 1.56. The minimum atomic E-state index is -3.70. The van der Waals surface area contributed by atoms with Crippen LogP contribution in [0.2, 0.25) is 0 Å². The number of nitrogens with zero attached hydrogens (tertiary/aromatic N) is 3. The number of hydrogen-bond donors (Lipinski definition) is 2. The first-order valence-corrected chi connectivity index (χ1v) is 15.1. The molecule has 0 unspecified atom stereocenters. The average Bonchev–Trinajstić information content (AvgIpc) is 3.28. The number of urea groups is 1. The quantitative estimate of drug-likeness (QED) is 0.450. The summed E-state index contributed by atoms with van der Waals surface area (Å²) in [6, 6.07) is 11.6. The zero-order chi connectivity index (χ0) is 28.7. The summed E-state index contributed by atoms with van der Waals surface area (Å²) < 4.78 is 41.3. The highest BCUT2D eigenvalue weighted by molar-refractivity contribution is 7.89. The van der Waals surface area contributed by atoms with Crippen LogP contribution in [0.1, 0.15) is 43.5 Å². The van der Waals surface area contributed by atoms with E-state index in [-0.39, 0.29) is 17.5 Å². The van der Waals surface area contributed by atoms with Crippen LogP contribution in [-0.4, -0.2) is 80.3 Å². The van der Waals surface area contributed by atoms with Crippen molar-refractivity contribution >= 4 is 27.0 Å². The summed E-state index contributed by atoms with van der Waals surface area (Å²) in [5.41, 5.74) is 2.44. The van der Waals surface area contributed by atoms with Crippen molar-refractivity contribution in [3.8, 4) is 11.5 Å². The van der Waals surface area contributed by atoms with Crippen molar-refractivity contribution in [2.75, 3.05) is 47.0 Å². The van der Waals surface area contributed by atoms with Crippen molar-refractivity contribution in [3.63, 3.8) is 0 Å². The maximum Gasteiger partial charge on any atom is 0.318 e. The van der Waals surface area contributed by atoms with Crippen LogP contribution in [0.5, 0.6) is 11.5 Å². The number of nitrogens with one attached hydrogen (secondary N) is 1. The van der Waals surface area contributed by atoms with E-state index >= 15 is 0 Å². The highest BCUT2D eigenvalue weighted by Gasteiger charge is 2.50. The number of amides is 2. The predicted octanol–water partition coefficient (Wildman–Crippen LogP) is 3.39. The van der Waals surface area contributed by atoms with Gasteiger partial charge in [0.25, 0.3) is 0 Å². The molecule has 3 heterocycles. The van der Waals surface area contributed by atoms with E-state index < -0.39 is 21.5 Å². The number of carbonyl (C=O) groups is 1. The topological polar surface area (TPSA) is 113 Å². The molecule has 1 aromatic heterocycles. The Morgan fingerprint density at radius 2 is 1.73 bits per heavy atom. The number of aromatic nitrogens is 1. The smallest absolute Gasteiger partial charge is 0.318 e. The standard InChI is InChI=1S/C29H38N4O6S/c1-5-14-30-28(35)33-19-29(12-15-32(16-13-29)40(36,37)22-9-6-20(38-3)7-10-22)26-23-11-8-21(39-4)17-24(23)31(2)27(26)25(33)18-34/h6-11,17,25,34H,5,12-16,18-19H2,1-4H3,(H,30,35)/t25-/m1/s1. The first-order valence-electron chi connectivity index (χ1n) is 13.7.